The Bertz CT molecular complexity index is 1290. The Morgan fingerprint density at radius 1 is 0.556 bits per heavy atom. The molecular formula is C43H61N2+. The normalized spacial score (nSPS) is 12.0. The quantitative estimate of drug-likeness (QED) is 0.0587. The Kier molecular flexibility index (Phi) is 16.1. The maximum Gasteiger partial charge on any atom is 0.261 e. The van der Waals surface area contributed by atoms with Crippen molar-refractivity contribution in [1.29, 1.82) is 0 Å². The van der Waals surface area contributed by atoms with Crippen molar-refractivity contribution >= 4 is 0 Å². The van der Waals surface area contributed by atoms with E-state index in [1.165, 1.54) is 125 Å². The number of hydrogen-bond donors (Lipinski definition) is 0. The summed E-state index contributed by atoms with van der Waals surface area (Å²) in [5.41, 5.74) is 5.62. The number of benzene rings is 3. The van der Waals surface area contributed by atoms with Crippen LogP contribution in [0, 0.1) is 0 Å². The van der Waals surface area contributed by atoms with E-state index in [0.717, 1.165) is 25.9 Å². The van der Waals surface area contributed by atoms with Crippen molar-refractivity contribution in [3.05, 3.63) is 125 Å². The smallest absolute Gasteiger partial charge is 0.234 e. The van der Waals surface area contributed by atoms with E-state index in [4.69, 9.17) is 0 Å². The van der Waals surface area contributed by atoms with Gasteiger partial charge in [0.1, 0.15) is 18.4 Å². The molecule has 0 aliphatic carbocycles. The molecule has 0 fully saturated rings. The van der Waals surface area contributed by atoms with Crippen LogP contribution >= 0.6 is 0 Å². The number of aryl methyl sites for hydroxylation is 1. The third-order valence-corrected chi connectivity index (χ3v) is 9.57. The van der Waals surface area contributed by atoms with Crippen molar-refractivity contribution in [1.82, 2.24) is 4.57 Å². The summed E-state index contributed by atoms with van der Waals surface area (Å²) in [7, 11) is 0. The van der Waals surface area contributed by atoms with Crippen molar-refractivity contribution in [2.24, 2.45) is 0 Å². The maximum atomic E-state index is 2.63. The molecule has 2 heteroatoms. The van der Waals surface area contributed by atoms with Gasteiger partial charge in [0.25, 0.3) is 5.82 Å². The lowest BCUT2D eigenvalue weighted by atomic mass is 9.96. The molecule has 3 aromatic carbocycles. The van der Waals surface area contributed by atoms with Crippen LogP contribution in [-0.4, -0.2) is 4.57 Å². The lowest BCUT2D eigenvalue weighted by molar-refractivity contribution is -0.704. The molecule has 0 aliphatic heterocycles. The van der Waals surface area contributed by atoms with Crippen molar-refractivity contribution < 1.29 is 4.57 Å². The Labute approximate surface area is 275 Å². The molecule has 0 aliphatic rings. The minimum Gasteiger partial charge on any atom is -0.234 e. The average Bonchev–Trinajstić information content (AvgIpc) is 3.38. The molecule has 4 rings (SSSR count). The number of rotatable bonds is 23. The Morgan fingerprint density at radius 2 is 1.02 bits per heavy atom. The van der Waals surface area contributed by atoms with Gasteiger partial charge in [0.15, 0.2) is 0 Å². The summed E-state index contributed by atoms with van der Waals surface area (Å²) >= 11 is 0. The zero-order chi connectivity index (χ0) is 31.4. The fourth-order valence-corrected chi connectivity index (χ4v) is 6.80. The molecule has 0 radical (unpaired) electrons. The fourth-order valence-electron chi connectivity index (χ4n) is 6.80. The molecule has 2 nitrogen and oxygen atoms in total. The molecule has 4 aromatic rings. The van der Waals surface area contributed by atoms with Gasteiger partial charge in [-0.05, 0) is 35.4 Å². The largest absolute Gasteiger partial charge is 0.261 e. The first-order chi connectivity index (χ1) is 22.2. The molecule has 0 amide bonds. The highest BCUT2D eigenvalue weighted by molar-refractivity contribution is 5.24. The molecule has 45 heavy (non-hydrogen) atoms. The number of aromatic nitrogens is 2. The molecule has 242 valence electrons. The summed E-state index contributed by atoms with van der Waals surface area (Å²) in [5.74, 6) is 1.91. The summed E-state index contributed by atoms with van der Waals surface area (Å²) in [4.78, 5) is 0. The van der Waals surface area contributed by atoms with Crippen LogP contribution < -0.4 is 4.57 Å². The Hall–Kier alpha value is -3.13. The molecule has 0 bridgehead atoms. The first kappa shape index (κ1) is 34.7. The van der Waals surface area contributed by atoms with Gasteiger partial charge >= 0.3 is 0 Å². The highest BCUT2D eigenvalue weighted by Crippen LogP contribution is 2.23. The van der Waals surface area contributed by atoms with Crippen LogP contribution in [0.1, 0.15) is 144 Å². The number of unbranched alkanes of at least 4 members (excludes halogenated alkanes) is 14. The second-order valence-corrected chi connectivity index (χ2v) is 13.4. The van der Waals surface area contributed by atoms with Gasteiger partial charge in [-0.15, -0.1) is 0 Å². The number of imidazole rings is 1. The molecule has 1 unspecified atom stereocenters. The predicted molar refractivity (Wildman–Crippen MR) is 193 cm³/mol. The van der Waals surface area contributed by atoms with E-state index in [9.17, 15) is 0 Å². The second-order valence-electron chi connectivity index (χ2n) is 13.4. The second kappa shape index (κ2) is 20.8. The van der Waals surface area contributed by atoms with Crippen LogP contribution in [0.2, 0.25) is 0 Å². The van der Waals surface area contributed by atoms with Crippen LogP contribution in [0.25, 0.3) is 0 Å². The molecule has 1 aromatic heterocycles. The minimum atomic E-state index is 0.472. The van der Waals surface area contributed by atoms with Crippen LogP contribution in [0.4, 0.5) is 0 Å². The van der Waals surface area contributed by atoms with Gasteiger partial charge < -0.3 is 0 Å². The van der Waals surface area contributed by atoms with E-state index in [-0.39, 0.29) is 0 Å². The van der Waals surface area contributed by atoms with E-state index in [0.29, 0.717) is 5.92 Å². The van der Waals surface area contributed by atoms with E-state index in [1.807, 2.05) is 0 Å². The van der Waals surface area contributed by atoms with E-state index >= 15 is 0 Å². The molecule has 0 saturated heterocycles. The minimum absolute atomic E-state index is 0.472. The first-order valence-corrected chi connectivity index (χ1v) is 18.5. The lowest BCUT2D eigenvalue weighted by Gasteiger charge is -2.12. The zero-order valence-electron chi connectivity index (χ0n) is 28.6. The van der Waals surface area contributed by atoms with Crippen LogP contribution in [-0.2, 0) is 25.9 Å². The fraction of sp³-hybridized carbons (Fsp3) is 0.512. The van der Waals surface area contributed by atoms with Crippen LogP contribution in [0.15, 0.2) is 97.2 Å². The van der Waals surface area contributed by atoms with Gasteiger partial charge in [0.05, 0.1) is 13.0 Å². The summed E-state index contributed by atoms with van der Waals surface area (Å²) in [6.07, 6.45) is 25.6. The van der Waals surface area contributed by atoms with Gasteiger partial charge in [-0.25, -0.2) is 9.13 Å². The molecule has 0 N–H and O–H groups in total. The van der Waals surface area contributed by atoms with Crippen LogP contribution in [0.3, 0.4) is 0 Å². The van der Waals surface area contributed by atoms with Gasteiger partial charge in [-0.3, -0.25) is 0 Å². The third-order valence-electron chi connectivity index (χ3n) is 9.57. The van der Waals surface area contributed by atoms with Crippen molar-refractivity contribution in [2.45, 2.75) is 142 Å². The SMILES string of the molecule is CCCCCCCCCCCCCCCCC[n+]1cc(CC(C)c2ccccc2)n(Cc2ccccc2)c1Cc1ccccc1. The lowest BCUT2D eigenvalue weighted by Crippen LogP contribution is -2.37. The number of hydrogen-bond acceptors (Lipinski definition) is 0. The van der Waals surface area contributed by atoms with Crippen LogP contribution in [0.5, 0.6) is 0 Å². The molecular weight excluding hydrogens is 544 g/mol. The van der Waals surface area contributed by atoms with E-state index in [1.54, 1.807) is 0 Å². The standard InChI is InChI=1S/C43H61N2/c1-3-4-5-6-7-8-9-10-11-12-13-14-15-16-26-33-44-37-42(34-38(2)41-31-24-19-25-32-41)45(36-40-29-22-18-23-30-40)43(44)35-39-27-20-17-21-28-39/h17-25,27-32,37-38H,3-16,26,33-36H2,1-2H3/q+1. The first-order valence-electron chi connectivity index (χ1n) is 18.5. The van der Waals surface area contributed by atoms with Gasteiger partial charge in [0, 0.05) is 6.42 Å². The van der Waals surface area contributed by atoms with E-state index < -0.39 is 0 Å². The summed E-state index contributed by atoms with van der Waals surface area (Å²) in [6, 6.07) is 33.1. The maximum absolute atomic E-state index is 2.63. The molecule has 1 heterocycles. The van der Waals surface area contributed by atoms with Crippen molar-refractivity contribution in [3.63, 3.8) is 0 Å². The van der Waals surface area contributed by atoms with E-state index in [2.05, 4.69) is 120 Å². The Morgan fingerprint density at radius 3 is 1.56 bits per heavy atom. The van der Waals surface area contributed by atoms with Gasteiger partial charge in [-0.2, -0.15) is 0 Å². The molecule has 1 atom stereocenters. The van der Waals surface area contributed by atoms with Crippen molar-refractivity contribution in [2.75, 3.05) is 0 Å². The molecule has 0 saturated carbocycles. The highest BCUT2D eigenvalue weighted by atomic mass is 15.2. The monoisotopic (exact) mass is 605 g/mol. The third kappa shape index (κ3) is 12.6. The highest BCUT2D eigenvalue weighted by Gasteiger charge is 2.25. The number of nitrogens with zero attached hydrogens (tertiary/aromatic N) is 2. The van der Waals surface area contributed by atoms with Crippen molar-refractivity contribution in [3.8, 4) is 0 Å². The summed E-state index contributed by atoms with van der Waals surface area (Å²) in [5, 5.41) is 0. The van der Waals surface area contributed by atoms with Gasteiger partial charge in [0.2, 0.25) is 0 Å². The Balaban J connectivity index is 1.33. The molecule has 0 spiro atoms. The summed E-state index contributed by atoms with van der Waals surface area (Å²) < 4.78 is 5.23. The van der Waals surface area contributed by atoms with Gasteiger partial charge in [-0.1, -0.05) is 188 Å². The zero-order valence-corrected chi connectivity index (χ0v) is 28.6. The average molecular weight is 606 g/mol. The topological polar surface area (TPSA) is 8.81 Å². The summed E-state index contributed by atoms with van der Waals surface area (Å²) in [6.45, 7) is 6.71. The predicted octanol–water partition coefficient (Wildman–Crippen LogP) is 11.6.